The summed E-state index contributed by atoms with van der Waals surface area (Å²) in [5, 5.41) is 7.35. The number of ether oxygens (including phenoxy) is 1. The minimum atomic E-state index is -0.128. The maximum absolute atomic E-state index is 12.3. The second-order valence-corrected chi connectivity index (χ2v) is 6.38. The molecule has 1 amide bonds. The summed E-state index contributed by atoms with van der Waals surface area (Å²) in [6.07, 6.45) is 6.43. The molecule has 1 fully saturated rings. The van der Waals surface area contributed by atoms with E-state index in [4.69, 9.17) is 20.9 Å². The fraction of sp³-hybridized carbons (Fsp3) is 0.500. The first-order chi connectivity index (χ1) is 11.5. The monoisotopic (exact) mass is 350 g/mol. The van der Waals surface area contributed by atoms with E-state index in [2.05, 4.69) is 20.4 Å². The van der Waals surface area contributed by atoms with Crippen molar-refractivity contribution < 1.29 is 14.1 Å². The van der Waals surface area contributed by atoms with Gasteiger partial charge in [0.1, 0.15) is 17.4 Å². The largest absolute Gasteiger partial charge is 0.460 e. The van der Waals surface area contributed by atoms with Gasteiger partial charge in [-0.1, -0.05) is 16.8 Å². The fourth-order valence-electron chi connectivity index (χ4n) is 2.90. The first kappa shape index (κ1) is 16.7. The molecule has 24 heavy (non-hydrogen) atoms. The molecule has 0 aliphatic heterocycles. The van der Waals surface area contributed by atoms with Gasteiger partial charge in [0, 0.05) is 6.04 Å². The van der Waals surface area contributed by atoms with Crippen LogP contribution in [0.1, 0.15) is 47.5 Å². The molecule has 0 radical (unpaired) electrons. The van der Waals surface area contributed by atoms with Gasteiger partial charge in [0.05, 0.1) is 23.1 Å². The van der Waals surface area contributed by atoms with E-state index in [1.54, 1.807) is 13.8 Å². The van der Waals surface area contributed by atoms with Gasteiger partial charge in [-0.3, -0.25) is 4.79 Å². The van der Waals surface area contributed by atoms with E-state index in [0.29, 0.717) is 28.1 Å². The number of aryl methyl sites for hydroxylation is 2. The number of nitrogens with zero attached hydrogens (tertiary/aromatic N) is 3. The molecule has 0 bridgehead atoms. The van der Waals surface area contributed by atoms with Crippen molar-refractivity contribution in [1.82, 2.24) is 20.4 Å². The Morgan fingerprint density at radius 1 is 1.25 bits per heavy atom. The van der Waals surface area contributed by atoms with E-state index >= 15 is 0 Å². The van der Waals surface area contributed by atoms with E-state index in [0.717, 1.165) is 25.7 Å². The lowest BCUT2D eigenvalue weighted by Gasteiger charge is -2.28. The minimum Gasteiger partial charge on any atom is -0.460 e. The van der Waals surface area contributed by atoms with Crippen LogP contribution < -0.4 is 10.1 Å². The Kier molecular flexibility index (Phi) is 4.99. The van der Waals surface area contributed by atoms with E-state index in [-0.39, 0.29) is 18.1 Å². The number of rotatable bonds is 4. The zero-order valence-corrected chi connectivity index (χ0v) is 14.3. The second-order valence-electron chi connectivity index (χ2n) is 5.95. The molecule has 2 heterocycles. The molecule has 1 saturated carbocycles. The summed E-state index contributed by atoms with van der Waals surface area (Å²) in [4.78, 5) is 20.4. The molecule has 1 aliphatic rings. The Bertz CT molecular complexity index is 689. The molecular formula is C16H19ClN4O3. The average Bonchev–Trinajstić information content (AvgIpc) is 2.90. The molecule has 8 heteroatoms. The molecule has 1 aliphatic carbocycles. The molecule has 128 valence electrons. The Hall–Kier alpha value is -2.15. The van der Waals surface area contributed by atoms with E-state index < -0.39 is 0 Å². The number of hydrogen-bond acceptors (Lipinski definition) is 6. The fourth-order valence-corrected chi connectivity index (χ4v) is 3.00. The summed E-state index contributed by atoms with van der Waals surface area (Å²) >= 11 is 5.75. The molecule has 0 atom stereocenters. The van der Waals surface area contributed by atoms with Crippen LogP contribution in [0.15, 0.2) is 16.9 Å². The zero-order chi connectivity index (χ0) is 17.1. The summed E-state index contributed by atoms with van der Waals surface area (Å²) in [5.74, 6) is 0.415. The van der Waals surface area contributed by atoms with Crippen molar-refractivity contribution in [3.63, 3.8) is 0 Å². The maximum Gasteiger partial charge on any atom is 0.316 e. The van der Waals surface area contributed by atoms with Crippen molar-refractivity contribution in [2.24, 2.45) is 0 Å². The van der Waals surface area contributed by atoms with Crippen molar-refractivity contribution >= 4 is 17.5 Å². The third kappa shape index (κ3) is 3.84. The Balaban J connectivity index is 1.50. The number of nitrogens with one attached hydrogen (secondary N) is 1. The molecule has 0 spiro atoms. The predicted octanol–water partition coefficient (Wildman–Crippen LogP) is 2.85. The van der Waals surface area contributed by atoms with Crippen LogP contribution in [0.2, 0.25) is 5.02 Å². The molecule has 2 aromatic rings. The Morgan fingerprint density at radius 3 is 2.50 bits per heavy atom. The van der Waals surface area contributed by atoms with Crippen LogP contribution in [-0.4, -0.2) is 33.2 Å². The van der Waals surface area contributed by atoms with E-state index in [1.165, 1.54) is 12.4 Å². The number of carbonyl (C=O) groups is 1. The van der Waals surface area contributed by atoms with Crippen molar-refractivity contribution in [1.29, 1.82) is 0 Å². The molecule has 1 N–H and O–H groups in total. The lowest BCUT2D eigenvalue weighted by Crippen LogP contribution is -2.40. The standard InChI is InChI=1S/C16H19ClN4O3/c1-9-14(10(2)24-21-9)15(22)20-12-3-5-13(6-4-12)23-16-18-7-11(17)8-19-16/h7-8,12-13H,3-6H2,1-2H3,(H,20,22). The Labute approximate surface area is 144 Å². The first-order valence-corrected chi connectivity index (χ1v) is 8.28. The molecule has 7 nitrogen and oxygen atoms in total. The van der Waals surface area contributed by atoms with Gasteiger partial charge >= 0.3 is 6.01 Å². The van der Waals surface area contributed by atoms with Crippen LogP contribution in [-0.2, 0) is 0 Å². The number of aromatic nitrogens is 3. The molecule has 0 unspecified atom stereocenters. The molecular weight excluding hydrogens is 332 g/mol. The summed E-state index contributed by atoms with van der Waals surface area (Å²) in [7, 11) is 0. The van der Waals surface area contributed by atoms with Gasteiger partial charge in [0.2, 0.25) is 0 Å². The minimum absolute atomic E-state index is 0.0541. The predicted molar refractivity (Wildman–Crippen MR) is 87.2 cm³/mol. The smallest absolute Gasteiger partial charge is 0.316 e. The highest BCUT2D eigenvalue weighted by molar-refractivity contribution is 6.30. The van der Waals surface area contributed by atoms with Crippen molar-refractivity contribution in [2.45, 2.75) is 51.7 Å². The summed E-state index contributed by atoms with van der Waals surface area (Å²) in [6, 6.07) is 0.458. The number of hydrogen-bond donors (Lipinski definition) is 1. The second kappa shape index (κ2) is 7.17. The van der Waals surface area contributed by atoms with Gasteiger partial charge in [-0.05, 0) is 39.5 Å². The lowest BCUT2D eigenvalue weighted by molar-refractivity contribution is 0.0883. The molecule has 2 aromatic heterocycles. The van der Waals surface area contributed by atoms with E-state index in [1.807, 2.05) is 0 Å². The number of amides is 1. The van der Waals surface area contributed by atoms with Gasteiger partial charge in [-0.15, -0.1) is 0 Å². The normalized spacial score (nSPS) is 20.6. The van der Waals surface area contributed by atoms with Crippen molar-refractivity contribution in [3.05, 3.63) is 34.4 Å². The number of carbonyl (C=O) groups excluding carboxylic acids is 1. The van der Waals surface area contributed by atoms with Crippen LogP contribution in [0.3, 0.4) is 0 Å². The lowest BCUT2D eigenvalue weighted by atomic mass is 9.92. The number of halogens is 1. The SMILES string of the molecule is Cc1noc(C)c1C(=O)NC1CCC(Oc2ncc(Cl)cn2)CC1. The van der Waals surface area contributed by atoms with Crippen LogP contribution in [0.5, 0.6) is 6.01 Å². The van der Waals surface area contributed by atoms with Crippen molar-refractivity contribution in [2.75, 3.05) is 0 Å². The van der Waals surface area contributed by atoms with Gasteiger partial charge in [0.25, 0.3) is 5.91 Å². The highest BCUT2D eigenvalue weighted by atomic mass is 35.5. The van der Waals surface area contributed by atoms with Crippen LogP contribution in [0.25, 0.3) is 0 Å². The highest BCUT2D eigenvalue weighted by Gasteiger charge is 2.26. The van der Waals surface area contributed by atoms with Crippen LogP contribution in [0.4, 0.5) is 0 Å². The summed E-state index contributed by atoms with van der Waals surface area (Å²) in [5.41, 5.74) is 1.14. The quantitative estimate of drug-likeness (QED) is 0.911. The molecule has 0 saturated heterocycles. The maximum atomic E-state index is 12.3. The zero-order valence-electron chi connectivity index (χ0n) is 13.6. The van der Waals surface area contributed by atoms with Crippen LogP contribution >= 0.6 is 11.6 Å². The van der Waals surface area contributed by atoms with Gasteiger partial charge in [-0.25, -0.2) is 9.97 Å². The third-order valence-electron chi connectivity index (χ3n) is 4.14. The molecule has 0 aromatic carbocycles. The highest BCUT2D eigenvalue weighted by Crippen LogP contribution is 2.23. The average molecular weight is 351 g/mol. The summed E-state index contributed by atoms with van der Waals surface area (Å²) < 4.78 is 10.8. The summed E-state index contributed by atoms with van der Waals surface area (Å²) in [6.45, 7) is 3.51. The van der Waals surface area contributed by atoms with E-state index in [9.17, 15) is 4.79 Å². The topological polar surface area (TPSA) is 90.1 Å². The Morgan fingerprint density at radius 2 is 1.92 bits per heavy atom. The third-order valence-corrected chi connectivity index (χ3v) is 4.33. The molecule has 3 rings (SSSR count). The van der Waals surface area contributed by atoms with Gasteiger partial charge in [-0.2, -0.15) is 0 Å². The van der Waals surface area contributed by atoms with Crippen LogP contribution in [0, 0.1) is 13.8 Å². The van der Waals surface area contributed by atoms with Crippen molar-refractivity contribution in [3.8, 4) is 6.01 Å². The van der Waals surface area contributed by atoms with Gasteiger partial charge in [0.15, 0.2) is 0 Å². The first-order valence-electron chi connectivity index (χ1n) is 7.91. The van der Waals surface area contributed by atoms with Gasteiger partial charge < -0.3 is 14.6 Å².